The van der Waals surface area contributed by atoms with Gasteiger partial charge in [-0.2, -0.15) is 0 Å². The number of ether oxygens (including phenoxy) is 1. The Labute approximate surface area is 165 Å². The average molecular weight is 391 g/mol. The van der Waals surface area contributed by atoms with Crippen molar-refractivity contribution in [2.45, 2.75) is 33.1 Å². The van der Waals surface area contributed by atoms with Crippen molar-refractivity contribution in [2.75, 3.05) is 26.2 Å². The summed E-state index contributed by atoms with van der Waals surface area (Å²) >= 11 is 0. The van der Waals surface area contributed by atoms with E-state index in [9.17, 15) is 4.79 Å². The molecule has 1 aromatic rings. The van der Waals surface area contributed by atoms with Crippen LogP contribution in [0, 0.1) is 5.92 Å². The van der Waals surface area contributed by atoms with E-state index in [1.165, 1.54) is 0 Å². The molecule has 0 spiro atoms. The van der Waals surface area contributed by atoms with Gasteiger partial charge in [0.1, 0.15) is 0 Å². The van der Waals surface area contributed by atoms with Gasteiger partial charge in [-0.15, -0.1) is 0 Å². The van der Waals surface area contributed by atoms with E-state index in [4.69, 9.17) is 24.5 Å². The summed E-state index contributed by atoms with van der Waals surface area (Å²) in [5.41, 5.74) is 2.25. The number of aliphatic carboxylic acids is 2. The number of carbonyl (C=O) groups excluding carboxylic acids is 1. The molecule has 0 saturated heterocycles. The van der Waals surface area contributed by atoms with Crippen LogP contribution in [0.3, 0.4) is 0 Å². The molecule has 154 valence electrons. The molecule has 0 fully saturated rings. The van der Waals surface area contributed by atoms with Gasteiger partial charge >= 0.3 is 17.9 Å². The van der Waals surface area contributed by atoms with Crippen LogP contribution in [-0.4, -0.2) is 59.3 Å². The van der Waals surface area contributed by atoms with Crippen molar-refractivity contribution in [2.24, 2.45) is 5.92 Å². The molecule has 1 aliphatic heterocycles. The number of carbonyl (C=O) groups is 3. The van der Waals surface area contributed by atoms with Crippen molar-refractivity contribution < 1.29 is 29.3 Å². The van der Waals surface area contributed by atoms with Gasteiger partial charge in [-0.3, -0.25) is 9.69 Å². The average Bonchev–Trinajstić information content (AvgIpc) is 2.71. The van der Waals surface area contributed by atoms with Gasteiger partial charge in [0.2, 0.25) is 0 Å². The van der Waals surface area contributed by atoms with Crippen molar-refractivity contribution >= 4 is 23.5 Å². The second-order valence-electron chi connectivity index (χ2n) is 6.42. The highest BCUT2D eigenvalue weighted by atomic mass is 16.5. The van der Waals surface area contributed by atoms with E-state index < -0.39 is 11.9 Å². The number of hydrogen-bond donors (Lipinski definition) is 2. The van der Waals surface area contributed by atoms with Crippen molar-refractivity contribution in [1.82, 2.24) is 4.90 Å². The zero-order chi connectivity index (χ0) is 20.9. The highest BCUT2D eigenvalue weighted by Gasteiger charge is 2.30. The first-order valence-electron chi connectivity index (χ1n) is 9.51. The lowest BCUT2D eigenvalue weighted by Crippen LogP contribution is -2.38. The van der Waals surface area contributed by atoms with Crippen LogP contribution in [0.15, 0.2) is 36.4 Å². The molecule has 0 bridgehead atoms. The quantitative estimate of drug-likeness (QED) is 0.418. The monoisotopic (exact) mass is 391 g/mol. The smallest absolute Gasteiger partial charge is 0.414 e. The first-order valence-corrected chi connectivity index (χ1v) is 9.51. The molecule has 7 nitrogen and oxygen atoms in total. The molecule has 0 radical (unpaired) electrons. The van der Waals surface area contributed by atoms with Gasteiger partial charge < -0.3 is 14.9 Å². The predicted molar refractivity (Wildman–Crippen MR) is 106 cm³/mol. The van der Waals surface area contributed by atoms with Gasteiger partial charge in [-0.1, -0.05) is 63.1 Å². The minimum atomic E-state index is -1.82. The Hall–Kier alpha value is -2.67. The third-order valence-corrected chi connectivity index (χ3v) is 4.40. The van der Waals surface area contributed by atoms with Crippen LogP contribution >= 0.6 is 0 Å². The number of carboxylic acid groups (broad SMARTS) is 2. The number of esters is 1. The van der Waals surface area contributed by atoms with Gasteiger partial charge in [0, 0.05) is 13.1 Å². The minimum Gasteiger partial charge on any atom is -0.473 e. The summed E-state index contributed by atoms with van der Waals surface area (Å²) in [5, 5.41) is 14.8. The molecule has 1 atom stereocenters. The van der Waals surface area contributed by atoms with E-state index in [1.54, 1.807) is 0 Å². The molecular formula is C21H29NO6. The summed E-state index contributed by atoms with van der Waals surface area (Å²) in [5.74, 6) is -3.90. The number of rotatable bonds is 7. The van der Waals surface area contributed by atoms with Crippen LogP contribution in [0.4, 0.5) is 0 Å². The number of hydrogen-bond acceptors (Lipinski definition) is 5. The Morgan fingerprint density at radius 2 is 1.71 bits per heavy atom. The van der Waals surface area contributed by atoms with Crippen LogP contribution in [0.25, 0.3) is 5.57 Å². The summed E-state index contributed by atoms with van der Waals surface area (Å²) in [4.78, 5) is 33.0. The zero-order valence-corrected chi connectivity index (χ0v) is 16.5. The lowest BCUT2D eigenvalue weighted by Gasteiger charge is -2.31. The van der Waals surface area contributed by atoms with Crippen LogP contribution < -0.4 is 0 Å². The summed E-state index contributed by atoms with van der Waals surface area (Å²) in [7, 11) is 0. The molecule has 0 aliphatic carbocycles. The maximum Gasteiger partial charge on any atom is 0.414 e. The molecule has 7 heteroatoms. The van der Waals surface area contributed by atoms with Gasteiger partial charge in [0.05, 0.1) is 12.5 Å². The second-order valence-corrected chi connectivity index (χ2v) is 6.42. The standard InChI is InChI=1S/C19H27NO2.C2H2O4/c1-3-5-9-14-22-19(21)18-15-20(4-2)13-12-17(18)16-10-7-6-8-11-16;3-1(4)2(5)6/h6-8,10-12,18H,3-5,9,13-15H2,1-2H3;(H,3,4)(H,5,6). The Bertz CT molecular complexity index is 659. The normalized spacial score (nSPS) is 16.4. The molecule has 0 aromatic heterocycles. The molecular weight excluding hydrogens is 362 g/mol. The number of likely N-dealkylation sites (N-methyl/N-ethyl adjacent to an activating group) is 1. The first kappa shape index (κ1) is 23.4. The molecule has 1 aliphatic rings. The fourth-order valence-electron chi connectivity index (χ4n) is 2.84. The first-order chi connectivity index (χ1) is 13.4. The highest BCUT2D eigenvalue weighted by Crippen LogP contribution is 2.29. The molecule has 0 saturated carbocycles. The lowest BCUT2D eigenvalue weighted by atomic mass is 9.89. The van der Waals surface area contributed by atoms with Crippen molar-refractivity contribution in [3.8, 4) is 0 Å². The predicted octanol–water partition coefficient (Wildman–Crippen LogP) is 2.91. The Kier molecular flexibility index (Phi) is 10.6. The van der Waals surface area contributed by atoms with Crippen LogP contribution in [0.2, 0.25) is 0 Å². The highest BCUT2D eigenvalue weighted by molar-refractivity contribution is 6.27. The molecule has 2 rings (SSSR count). The largest absolute Gasteiger partial charge is 0.473 e. The third kappa shape index (κ3) is 7.92. The number of carboxylic acids is 2. The Balaban J connectivity index is 0.000000568. The van der Waals surface area contributed by atoms with E-state index in [0.717, 1.165) is 50.0 Å². The van der Waals surface area contributed by atoms with Crippen LogP contribution in [-0.2, 0) is 19.1 Å². The SMILES string of the molecule is CCCCCOC(=O)C1CN(CC)CC=C1c1ccccc1.O=C(O)C(=O)O. The van der Waals surface area contributed by atoms with E-state index >= 15 is 0 Å². The number of benzene rings is 1. The van der Waals surface area contributed by atoms with Gasteiger partial charge in [0.15, 0.2) is 0 Å². The molecule has 28 heavy (non-hydrogen) atoms. The molecule has 2 N–H and O–H groups in total. The van der Waals surface area contributed by atoms with Crippen molar-refractivity contribution in [1.29, 1.82) is 0 Å². The number of unbranched alkanes of at least 4 members (excludes halogenated alkanes) is 2. The fourth-order valence-corrected chi connectivity index (χ4v) is 2.84. The zero-order valence-electron chi connectivity index (χ0n) is 16.5. The van der Waals surface area contributed by atoms with Gasteiger partial charge in [-0.25, -0.2) is 9.59 Å². The Morgan fingerprint density at radius 3 is 2.25 bits per heavy atom. The minimum absolute atomic E-state index is 0.0793. The van der Waals surface area contributed by atoms with Gasteiger partial charge in [0.25, 0.3) is 0 Å². The molecule has 0 amide bonds. The summed E-state index contributed by atoms with van der Waals surface area (Å²) in [6.45, 7) is 7.43. The topological polar surface area (TPSA) is 104 Å². The lowest BCUT2D eigenvalue weighted by molar-refractivity contribution is -0.159. The summed E-state index contributed by atoms with van der Waals surface area (Å²) < 4.78 is 5.52. The van der Waals surface area contributed by atoms with Gasteiger partial charge in [-0.05, 0) is 24.1 Å². The fraction of sp³-hybridized carbons (Fsp3) is 0.476. The van der Waals surface area contributed by atoms with E-state index in [0.29, 0.717) is 6.61 Å². The molecule has 1 aromatic carbocycles. The van der Waals surface area contributed by atoms with Crippen LogP contribution in [0.5, 0.6) is 0 Å². The van der Waals surface area contributed by atoms with Crippen molar-refractivity contribution in [3.63, 3.8) is 0 Å². The van der Waals surface area contributed by atoms with E-state index in [-0.39, 0.29) is 11.9 Å². The maximum atomic E-state index is 12.5. The third-order valence-electron chi connectivity index (χ3n) is 4.40. The van der Waals surface area contributed by atoms with Crippen molar-refractivity contribution in [3.05, 3.63) is 42.0 Å². The van der Waals surface area contributed by atoms with Crippen LogP contribution in [0.1, 0.15) is 38.7 Å². The van der Waals surface area contributed by atoms with E-state index in [1.807, 2.05) is 18.2 Å². The maximum absolute atomic E-state index is 12.5. The van der Waals surface area contributed by atoms with E-state index in [2.05, 4.69) is 37.0 Å². The number of nitrogens with zero attached hydrogens (tertiary/aromatic N) is 1. The second kappa shape index (κ2) is 12.7. The molecule has 1 heterocycles. The molecule has 1 unspecified atom stereocenters. The Morgan fingerprint density at radius 1 is 1.07 bits per heavy atom. The summed E-state index contributed by atoms with van der Waals surface area (Å²) in [6, 6.07) is 10.2. The summed E-state index contributed by atoms with van der Waals surface area (Å²) in [6.07, 6.45) is 5.39.